The molecule has 1 rings (SSSR count). The van der Waals surface area contributed by atoms with Gasteiger partial charge in [-0.1, -0.05) is 0 Å². The molecule has 0 aliphatic heterocycles. The Balaban J connectivity index is 2.64. The lowest BCUT2D eigenvalue weighted by atomic mass is 10.2. The van der Waals surface area contributed by atoms with Crippen LogP contribution in [-0.4, -0.2) is 18.0 Å². The van der Waals surface area contributed by atoms with Crippen LogP contribution in [0.15, 0.2) is 15.9 Å². The quantitative estimate of drug-likeness (QED) is 0.629. The summed E-state index contributed by atoms with van der Waals surface area (Å²) in [5, 5.41) is 1.65. The van der Waals surface area contributed by atoms with E-state index in [4.69, 9.17) is 0 Å². The van der Waals surface area contributed by atoms with E-state index < -0.39 is 24.4 Å². The number of carbonyl (C=O) groups excluding carboxylic acids is 2. The van der Waals surface area contributed by atoms with Crippen molar-refractivity contribution in [3.63, 3.8) is 0 Å². The number of alkyl halides is 2. The highest BCUT2D eigenvalue weighted by Crippen LogP contribution is 2.21. The number of Topliss-reactive ketones (excluding diaryl/α,β-unsaturated/α-hetero) is 2. The minimum absolute atomic E-state index is 0.311. The zero-order valence-corrected chi connectivity index (χ0v) is 9.20. The van der Waals surface area contributed by atoms with Crippen LogP contribution in [0, 0.1) is 0 Å². The molecule has 0 aromatic carbocycles. The van der Waals surface area contributed by atoms with Gasteiger partial charge >= 0.3 is 0 Å². The lowest BCUT2D eigenvalue weighted by Gasteiger charge is -1.96. The Kier molecular flexibility index (Phi) is 3.88. The maximum absolute atomic E-state index is 11.8. The molecule has 76 valence electrons. The number of hydrogen-bond acceptors (Lipinski definition) is 3. The molecular weight excluding hydrogens is 278 g/mol. The van der Waals surface area contributed by atoms with Gasteiger partial charge in [0.1, 0.15) is 0 Å². The van der Waals surface area contributed by atoms with Crippen LogP contribution in [0.25, 0.3) is 0 Å². The van der Waals surface area contributed by atoms with Crippen LogP contribution in [0.5, 0.6) is 0 Å². The van der Waals surface area contributed by atoms with Crippen LogP contribution in [0.2, 0.25) is 0 Å². The van der Waals surface area contributed by atoms with Gasteiger partial charge in [-0.15, -0.1) is 11.3 Å². The SMILES string of the molecule is O=C(CC(=O)C(F)F)c1cc(Br)cs1. The van der Waals surface area contributed by atoms with E-state index in [0.29, 0.717) is 9.35 Å². The second kappa shape index (κ2) is 4.75. The van der Waals surface area contributed by atoms with Crippen molar-refractivity contribution >= 4 is 38.8 Å². The van der Waals surface area contributed by atoms with Crippen LogP contribution in [0.3, 0.4) is 0 Å². The first-order chi connectivity index (χ1) is 6.50. The second-order valence-corrected chi connectivity index (χ2v) is 4.32. The molecule has 1 aromatic rings. The molecule has 0 spiro atoms. The van der Waals surface area contributed by atoms with Crippen molar-refractivity contribution in [3.05, 3.63) is 20.8 Å². The molecule has 0 saturated carbocycles. The smallest absolute Gasteiger partial charge is 0.293 e. The molecule has 1 aromatic heterocycles. The topological polar surface area (TPSA) is 34.1 Å². The Bertz CT molecular complexity index is 362. The number of thiophene rings is 1. The van der Waals surface area contributed by atoms with E-state index in [1.807, 2.05) is 0 Å². The molecule has 14 heavy (non-hydrogen) atoms. The van der Waals surface area contributed by atoms with E-state index in [1.54, 1.807) is 5.38 Å². The standard InChI is InChI=1S/C8H5BrF2O2S/c9-4-1-7(14-3-4)5(12)2-6(13)8(10)11/h1,3,8H,2H2. The largest absolute Gasteiger partial charge is 0.296 e. The normalized spacial score (nSPS) is 10.6. The van der Waals surface area contributed by atoms with E-state index in [9.17, 15) is 18.4 Å². The van der Waals surface area contributed by atoms with Crippen molar-refractivity contribution in [1.29, 1.82) is 0 Å². The lowest BCUT2D eigenvalue weighted by molar-refractivity contribution is -0.128. The molecule has 6 heteroatoms. The Morgan fingerprint density at radius 1 is 1.50 bits per heavy atom. The fraction of sp³-hybridized carbons (Fsp3) is 0.250. The summed E-state index contributed by atoms with van der Waals surface area (Å²) in [6.07, 6.45) is -3.80. The van der Waals surface area contributed by atoms with Crippen LogP contribution >= 0.6 is 27.3 Å². The molecule has 0 unspecified atom stereocenters. The summed E-state index contributed by atoms with van der Waals surface area (Å²) in [5.74, 6) is -1.90. The molecule has 0 aliphatic carbocycles. The number of carbonyl (C=O) groups is 2. The Morgan fingerprint density at radius 2 is 2.14 bits per heavy atom. The monoisotopic (exact) mass is 282 g/mol. The summed E-state index contributed by atoms with van der Waals surface area (Å²) >= 11 is 4.24. The van der Waals surface area contributed by atoms with E-state index in [-0.39, 0.29) is 0 Å². The molecule has 0 saturated heterocycles. The first kappa shape index (κ1) is 11.5. The third-order valence-electron chi connectivity index (χ3n) is 1.42. The van der Waals surface area contributed by atoms with E-state index in [2.05, 4.69) is 15.9 Å². The van der Waals surface area contributed by atoms with Gasteiger partial charge in [0.05, 0.1) is 11.3 Å². The molecule has 0 aliphatic rings. The summed E-state index contributed by atoms with van der Waals surface area (Å²) in [6, 6.07) is 1.51. The lowest BCUT2D eigenvalue weighted by Crippen LogP contribution is -2.14. The molecule has 0 fully saturated rings. The maximum Gasteiger partial charge on any atom is 0.296 e. The minimum atomic E-state index is -3.07. The molecule has 0 radical (unpaired) electrons. The van der Waals surface area contributed by atoms with Crippen LogP contribution < -0.4 is 0 Å². The molecule has 0 amide bonds. The van der Waals surface area contributed by atoms with Gasteiger partial charge in [0, 0.05) is 9.85 Å². The van der Waals surface area contributed by atoms with Crippen molar-refractivity contribution in [2.24, 2.45) is 0 Å². The van der Waals surface area contributed by atoms with Crippen molar-refractivity contribution in [2.75, 3.05) is 0 Å². The van der Waals surface area contributed by atoms with Gasteiger partial charge in [0.25, 0.3) is 6.43 Å². The summed E-state index contributed by atoms with van der Waals surface area (Å²) in [5.41, 5.74) is 0. The zero-order valence-electron chi connectivity index (χ0n) is 6.80. The third kappa shape index (κ3) is 2.95. The van der Waals surface area contributed by atoms with Crippen molar-refractivity contribution < 1.29 is 18.4 Å². The average Bonchev–Trinajstić information content (AvgIpc) is 2.51. The third-order valence-corrected chi connectivity index (χ3v) is 3.15. The van der Waals surface area contributed by atoms with E-state index in [0.717, 1.165) is 11.3 Å². The van der Waals surface area contributed by atoms with Gasteiger partial charge < -0.3 is 0 Å². The van der Waals surface area contributed by atoms with Gasteiger partial charge in [0.15, 0.2) is 5.78 Å². The van der Waals surface area contributed by atoms with Crippen molar-refractivity contribution in [1.82, 2.24) is 0 Å². The van der Waals surface area contributed by atoms with Crippen LogP contribution in [0.1, 0.15) is 16.1 Å². The first-order valence-electron chi connectivity index (χ1n) is 3.59. The predicted molar refractivity (Wildman–Crippen MR) is 52.0 cm³/mol. The summed E-state index contributed by atoms with van der Waals surface area (Å²) in [6.45, 7) is 0. The predicted octanol–water partition coefficient (Wildman–Crippen LogP) is 2.92. The average molecular weight is 283 g/mol. The zero-order chi connectivity index (χ0) is 10.7. The molecule has 2 nitrogen and oxygen atoms in total. The molecule has 1 heterocycles. The highest BCUT2D eigenvalue weighted by atomic mass is 79.9. The summed E-state index contributed by atoms with van der Waals surface area (Å²) in [4.78, 5) is 22.1. The van der Waals surface area contributed by atoms with Crippen molar-refractivity contribution in [3.8, 4) is 0 Å². The summed E-state index contributed by atoms with van der Waals surface area (Å²) in [7, 11) is 0. The maximum atomic E-state index is 11.8. The molecule has 0 N–H and O–H groups in total. The Morgan fingerprint density at radius 3 is 2.57 bits per heavy atom. The number of rotatable bonds is 4. The summed E-state index contributed by atoms with van der Waals surface area (Å²) < 4.78 is 24.3. The van der Waals surface area contributed by atoms with Crippen LogP contribution in [0.4, 0.5) is 8.78 Å². The fourth-order valence-electron chi connectivity index (χ4n) is 0.782. The van der Waals surface area contributed by atoms with Gasteiger partial charge in [-0.3, -0.25) is 9.59 Å². The van der Waals surface area contributed by atoms with Gasteiger partial charge in [0.2, 0.25) is 5.78 Å². The minimum Gasteiger partial charge on any atom is -0.293 e. The van der Waals surface area contributed by atoms with Gasteiger partial charge in [-0.05, 0) is 22.0 Å². The van der Waals surface area contributed by atoms with Gasteiger partial charge in [-0.2, -0.15) is 0 Å². The van der Waals surface area contributed by atoms with E-state index in [1.165, 1.54) is 6.07 Å². The highest BCUT2D eigenvalue weighted by molar-refractivity contribution is 9.10. The van der Waals surface area contributed by atoms with Crippen molar-refractivity contribution in [2.45, 2.75) is 12.8 Å². The first-order valence-corrected chi connectivity index (χ1v) is 5.26. The van der Waals surface area contributed by atoms with E-state index >= 15 is 0 Å². The van der Waals surface area contributed by atoms with Gasteiger partial charge in [-0.25, -0.2) is 8.78 Å². The Hall–Kier alpha value is -0.620. The Labute approximate surface area is 91.1 Å². The number of hydrogen-bond donors (Lipinski definition) is 0. The second-order valence-electron chi connectivity index (χ2n) is 2.50. The number of ketones is 2. The highest BCUT2D eigenvalue weighted by Gasteiger charge is 2.20. The number of halogens is 3. The molecule has 0 bridgehead atoms. The van der Waals surface area contributed by atoms with Crippen LogP contribution in [-0.2, 0) is 4.79 Å². The molecule has 0 atom stereocenters. The molecular formula is C8H5BrF2O2S. The fourth-order valence-corrected chi connectivity index (χ4v) is 2.15.